The van der Waals surface area contributed by atoms with E-state index < -0.39 is 28.1 Å². The number of fused-ring (bicyclic) bond motifs is 1. The minimum Gasteiger partial charge on any atom is -0.392 e. The van der Waals surface area contributed by atoms with Gasteiger partial charge < -0.3 is 5.11 Å². The number of benzene rings is 3. The second-order valence-electron chi connectivity index (χ2n) is 6.45. The minimum atomic E-state index is -3.92. The number of aliphatic hydroxyl groups is 1. The predicted octanol–water partition coefficient (Wildman–Crippen LogP) is 4.51. The summed E-state index contributed by atoms with van der Waals surface area (Å²) in [5, 5.41) is 9.90. The van der Waals surface area contributed by atoms with Gasteiger partial charge in [0.05, 0.1) is 17.0 Å². The Bertz CT molecular complexity index is 1340. The molecule has 7 heteroatoms. The van der Waals surface area contributed by atoms with Gasteiger partial charge in [-0.05, 0) is 53.6 Å². The van der Waals surface area contributed by atoms with Gasteiger partial charge in [-0.2, -0.15) is 0 Å². The van der Waals surface area contributed by atoms with Crippen LogP contribution in [0.25, 0.3) is 22.0 Å². The van der Waals surface area contributed by atoms with E-state index in [0.717, 1.165) is 6.07 Å². The van der Waals surface area contributed by atoms with Crippen molar-refractivity contribution in [2.45, 2.75) is 16.5 Å². The molecule has 3 aromatic carbocycles. The second-order valence-corrected chi connectivity index (χ2v) is 8.32. The van der Waals surface area contributed by atoms with Gasteiger partial charge in [0.2, 0.25) is 9.84 Å². The van der Waals surface area contributed by atoms with Crippen LogP contribution in [-0.4, -0.2) is 18.5 Å². The maximum atomic E-state index is 14.1. The van der Waals surface area contributed by atoms with Gasteiger partial charge in [-0.25, -0.2) is 22.2 Å². The predicted molar refractivity (Wildman–Crippen MR) is 105 cm³/mol. The van der Waals surface area contributed by atoms with Crippen molar-refractivity contribution >= 4 is 20.7 Å². The zero-order chi connectivity index (χ0) is 20.6. The molecule has 0 aliphatic rings. The smallest absolute Gasteiger partial charge is 0.224 e. The molecule has 0 saturated heterocycles. The molecule has 0 radical (unpaired) electrons. The zero-order valence-electron chi connectivity index (χ0n) is 15.0. The molecule has 0 aliphatic carbocycles. The third-order valence-corrected chi connectivity index (χ3v) is 6.37. The van der Waals surface area contributed by atoms with Crippen LogP contribution in [0.4, 0.5) is 8.78 Å². The SMILES string of the molecule is O=S(=O)(c1ccc2cc(-c3ccc(F)cc3F)ccc2n1)c1ccccc1CO. The lowest BCUT2D eigenvalue weighted by Gasteiger charge is -2.10. The molecule has 0 aliphatic heterocycles. The Morgan fingerprint density at radius 2 is 1.69 bits per heavy atom. The maximum Gasteiger partial charge on any atom is 0.224 e. The average Bonchev–Trinajstić information content (AvgIpc) is 2.73. The third kappa shape index (κ3) is 3.50. The fourth-order valence-electron chi connectivity index (χ4n) is 3.16. The van der Waals surface area contributed by atoms with Crippen molar-refractivity contribution in [3.05, 3.63) is 90.0 Å². The quantitative estimate of drug-likeness (QED) is 0.537. The van der Waals surface area contributed by atoms with E-state index in [1.165, 1.54) is 30.3 Å². The van der Waals surface area contributed by atoms with Crippen molar-refractivity contribution in [2.75, 3.05) is 0 Å². The first-order valence-corrected chi connectivity index (χ1v) is 10.2. The van der Waals surface area contributed by atoms with Crippen molar-refractivity contribution < 1.29 is 22.3 Å². The minimum absolute atomic E-state index is 0.000599. The van der Waals surface area contributed by atoms with E-state index in [0.29, 0.717) is 16.5 Å². The lowest BCUT2D eigenvalue weighted by Crippen LogP contribution is -2.07. The molecule has 0 fully saturated rings. The van der Waals surface area contributed by atoms with Gasteiger partial charge in [0.15, 0.2) is 5.03 Å². The molecule has 0 unspecified atom stereocenters. The van der Waals surface area contributed by atoms with Crippen LogP contribution in [-0.2, 0) is 16.4 Å². The van der Waals surface area contributed by atoms with Crippen molar-refractivity contribution in [3.8, 4) is 11.1 Å². The molecule has 4 aromatic rings. The van der Waals surface area contributed by atoms with Crippen LogP contribution in [0.15, 0.2) is 82.7 Å². The summed E-state index contributed by atoms with van der Waals surface area (Å²) in [7, 11) is -3.92. The van der Waals surface area contributed by atoms with Crippen LogP contribution in [0.5, 0.6) is 0 Å². The number of halogens is 2. The van der Waals surface area contributed by atoms with E-state index in [2.05, 4.69) is 4.98 Å². The molecule has 4 nitrogen and oxygen atoms in total. The van der Waals surface area contributed by atoms with E-state index in [4.69, 9.17) is 0 Å². The summed E-state index contributed by atoms with van der Waals surface area (Å²) in [5.41, 5.74) is 1.47. The summed E-state index contributed by atoms with van der Waals surface area (Å²) in [6.07, 6.45) is 0. The Morgan fingerprint density at radius 3 is 2.45 bits per heavy atom. The molecule has 1 heterocycles. The molecule has 1 aromatic heterocycles. The van der Waals surface area contributed by atoms with Gasteiger partial charge in [-0.3, -0.25) is 0 Å². The molecule has 4 rings (SSSR count). The molecular weight excluding hydrogens is 396 g/mol. The maximum absolute atomic E-state index is 14.1. The van der Waals surface area contributed by atoms with Gasteiger partial charge >= 0.3 is 0 Å². The molecule has 0 spiro atoms. The fourth-order valence-corrected chi connectivity index (χ4v) is 4.58. The van der Waals surface area contributed by atoms with Gasteiger partial charge in [0, 0.05) is 17.0 Å². The largest absolute Gasteiger partial charge is 0.392 e. The topological polar surface area (TPSA) is 67.3 Å². The average molecular weight is 411 g/mol. The van der Waals surface area contributed by atoms with E-state index >= 15 is 0 Å². The van der Waals surface area contributed by atoms with E-state index in [1.54, 1.807) is 36.4 Å². The van der Waals surface area contributed by atoms with Crippen molar-refractivity contribution in [1.82, 2.24) is 4.98 Å². The van der Waals surface area contributed by atoms with Crippen molar-refractivity contribution in [2.24, 2.45) is 0 Å². The number of aliphatic hydroxyl groups excluding tert-OH is 1. The van der Waals surface area contributed by atoms with Crippen LogP contribution in [0, 0.1) is 11.6 Å². The number of aromatic nitrogens is 1. The molecule has 0 amide bonds. The Balaban J connectivity index is 1.79. The lowest BCUT2D eigenvalue weighted by molar-refractivity contribution is 0.278. The van der Waals surface area contributed by atoms with Crippen LogP contribution in [0.1, 0.15) is 5.56 Å². The van der Waals surface area contributed by atoms with Crippen LogP contribution >= 0.6 is 0 Å². The molecule has 0 atom stereocenters. The lowest BCUT2D eigenvalue weighted by atomic mass is 10.0. The Labute approximate surface area is 166 Å². The van der Waals surface area contributed by atoms with Crippen molar-refractivity contribution in [1.29, 1.82) is 0 Å². The highest BCUT2D eigenvalue weighted by molar-refractivity contribution is 7.91. The van der Waals surface area contributed by atoms with Gasteiger partial charge in [0.25, 0.3) is 0 Å². The standard InChI is InChI=1S/C22H15F2NO3S/c23-17-7-8-18(19(24)12-17)14-5-9-20-15(11-14)6-10-22(25-20)29(27,28)21-4-2-1-3-16(21)13-26/h1-12,26H,13H2. The molecule has 1 N–H and O–H groups in total. The third-order valence-electron chi connectivity index (χ3n) is 4.61. The number of sulfone groups is 1. The van der Waals surface area contributed by atoms with Gasteiger partial charge in [-0.1, -0.05) is 24.3 Å². The summed E-state index contributed by atoms with van der Waals surface area (Å²) in [4.78, 5) is 4.25. The van der Waals surface area contributed by atoms with Crippen LogP contribution in [0.3, 0.4) is 0 Å². The monoisotopic (exact) mass is 411 g/mol. The zero-order valence-corrected chi connectivity index (χ0v) is 15.8. The number of pyridine rings is 1. The highest BCUT2D eigenvalue weighted by Crippen LogP contribution is 2.29. The summed E-state index contributed by atoms with van der Waals surface area (Å²) in [5.74, 6) is -1.34. The Hall–Kier alpha value is -3.16. The number of hydrogen-bond acceptors (Lipinski definition) is 4. The van der Waals surface area contributed by atoms with Gasteiger partial charge in [0.1, 0.15) is 11.6 Å². The molecular formula is C22H15F2NO3S. The Morgan fingerprint density at radius 1 is 0.897 bits per heavy atom. The summed E-state index contributed by atoms with van der Waals surface area (Å²) in [6.45, 7) is -0.407. The van der Waals surface area contributed by atoms with Gasteiger partial charge in [-0.15, -0.1) is 0 Å². The summed E-state index contributed by atoms with van der Waals surface area (Å²) < 4.78 is 53.1. The first kappa shape index (κ1) is 19.2. The van der Waals surface area contributed by atoms with Crippen LogP contribution < -0.4 is 0 Å². The van der Waals surface area contributed by atoms with E-state index in [9.17, 15) is 22.3 Å². The summed E-state index contributed by atoms with van der Waals surface area (Å²) >= 11 is 0. The van der Waals surface area contributed by atoms with Crippen LogP contribution in [0.2, 0.25) is 0 Å². The summed E-state index contributed by atoms with van der Waals surface area (Å²) in [6, 6.07) is 17.3. The highest BCUT2D eigenvalue weighted by atomic mass is 32.2. The Kier molecular flexibility index (Phi) is 4.86. The normalized spacial score (nSPS) is 11.7. The number of rotatable bonds is 4. The molecule has 0 bridgehead atoms. The molecule has 0 saturated carbocycles. The number of hydrogen-bond donors (Lipinski definition) is 1. The van der Waals surface area contributed by atoms with E-state index in [1.807, 2.05) is 0 Å². The fraction of sp³-hybridized carbons (Fsp3) is 0.0455. The first-order chi connectivity index (χ1) is 13.9. The first-order valence-electron chi connectivity index (χ1n) is 8.70. The highest BCUT2D eigenvalue weighted by Gasteiger charge is 2.22. The van der Waals surface area contributed by atoms with Crippen molar-refractivity contribution in [3.63, 3.8) is 0 Å². The molecule has 146 valence electrons. The van der Waals surface area contributed by atoms with E-state index in [-0.39, 0.29) is 21.0 Å². The molecule has 29 heavy (non-hydrogen) atoms. The second kappa shape index (κ2) is 7.35. The number of nitrogens with zero attached hydrogens (tertiary/aromatic N) is 1.